The van der Waals surface area contributed by atoms with Gasteiger partial charge in [0.2, 0.25) is 0 Å². The Morgan fingerprint density at radius 1 is 1.31 bits per heavy atom. The van der Waals surface area contributed by atoms with Crippen LogP contribution in [0, 0.1) is 0 Å². The van der Waals surface area contributed by atoms with Crippen LogP contribution in [0.3, 0.4) is 0 Å². The maximum absolute atomic E-state index is 12.1. The number of hydrogen-bond donors (Lipinski definition) is 4. The summed E-state index contributed by atoms with van der Waals surface area (Å²) in [7, 11) is 0.323. The van der Waals surface area contributed by atoms with Gasteiger partial charge in [-0.2, -0.15) is 0 Å². The summed E-state index contributed by atoms with van der Waals surface area (Å²) >= 11 is 0. The fourth-order valence-electron chi connectivity index (χ4n) is 2.68. The van der Waals surface area contributed by atoms with E-state index >= 15 is 0 Å². The Balaban J connectivity index is 2.06. The lowest BCUT2D eigenvalue weighted by Gasteiger charge is -2.25. The first kappa shape index (κ1) is 18.2. The summed E-state index contributed by atoms with van der Waals surface area (Å²) in [6, 6.07) is 5.50. The van der Waals surface area contributed by atoms with Crippen molar-refractivity contribution in [3.8, 4) is 0 Å². The van der Waals surface area contributed by atoms with Crippen LogP contribution in [-0.4, -0.2) is 56.0 Å². The Labute approximate surface area is 153 Å². The van der Waals surface area contributed by atoms with Crippen LogP contribution in [0.4, 0.5) is 17.2 Å². The topological polar surface area (TPSA) is 119 Å². The molecule has 10 heteroatoms. The van der Waals surface area contributed by atoms with Crippen LogP contribution in [0.15, 0.2) is 35.7 Å². The molecule has 1 aromatic carbocycles. The Bertz CT molecular complexity index is 915. The van der Waals surface area contributed by atoms with Gasteiger partial charge in [-0.25, -0.2) is 23.9 Å². The zero-order valence-corrected chi connectivity index (χ0v) is 15.4. The molecule has 0 aliphatic heterocycles. The molecule has 2 aromatic heterocycles. The fraction of sp³-hybridized carbons (Fsp3) is 0.312. The molecule has 1 unspecified atom stereocenters. The highest BCUT2D eigenvalue weighted by Gasteiger charge is 2.15. The number of fused-ring (bicyclic) bond motifs is 1. The first-order valence-electron chi connectivity index (χ1n) is 8.18. The molecule has 0 radical (unpaired) electrons. The van der Waals surface area contributed by atoms with Gasteiger partial charge < -0.3 is 20.3 Å². The fourth-order valence-corrected chi connectivity index (χ4v) is 3.33. The molecule has 0 fully saturated rings. The van der Waals surface area contributed by atoms with E-state index < -0.39 is 11.0 Å². The first-order valence-corrected chi connectivity index (χ1v) is 9.33. The Morgan fingerprint density at radius 3 is 2.88 bits per heavy atom. The molecular weight excluding hydrogens is 354 g/mol. The summed E-state index contributed by atoms with van der Waals surface area (Å²) in [4.78, 5) is 18.2. The molecule has 0 bridgehead atoms. The molecule has 2 heterocycles. The number of aromatic nitrogens is 4. The van der Waals surface area contributed by atoms with Crippen molar-refractivity contribution in [1.29, 1.82) is 0 Å². The highest BCUT2D eigenvalue weighted by Crippen LogP contribution is 2.31. The van der Waals surface area contributed by atoms with Crippen LogP contribution >= 0.6 is 0 Å². The SMILES string of the molecule is CCN(CCO)c1ccc(S(=O)NC)cc1Nc1ncnc2nc[nH]c12. The van der Waals surface area contributed by atoms with Crippen molar-refractivity contribution < 1.29 is 9.32 Å². The number of nitrogens with one attached hydrogen (secondary N) is 3. The van der Waals surface area contributed by atoms with Crippen LogP contribution in [0.1, 0.15) is 6.92 Å². The average Bonchev–Trinajstić information content (AvgIpc) is 3.15. The molecule has 0 amide bonds. The minimum Gasteiger partial charge on any atom is -0.395 e. The number of nitrogens with zero attached hydrogens (tertiary/aromatic N) is 4. The number of hydrogen-bond acceptors (Lipinski definition) is 7. The molecule has 3 aromatic rings. The van der Waals surface area contributed by atoms with Crippen molar-refractivity contribution in [2.75, 3.05) is 37.0 Å². The van der Waals surface area contributed by atoms with E-state index in [0.29, 0.717) is 35.0 Å². The number of rotatable bonds is 8. The molecule has 4 N–H and O–H groups in total. The second kappa shape index (κ2) is 8.21. The number of likely N-dealkylation sites (N-methyl/N-ethyl adjacent to an activating group) is 1. The van der Waals surface area contributed by atoms with E-state index in [0.717, 1.165) is 11.4 Å². The van der Waals surface area contributed by atoms with E-state index in [4.69, 9.17) is 0 Å². The van der Waals surface area contributed by atoms with E-state index in [2.05, 4.69) is 30.0 Å². The maximum atomic E-state index is 12.1. The lowest BCUT2D eigenvalue weighted by molar-refractivity contribution is 0.302. The number of anilines is 3. The summed E-state index contributed by atoms with van der Waals surface area (Å²) in [6.07, 6.45) is 2.99. The predicted octanol–water partition coefficient (Wildman–Crippen LogP) is 1.16. The van der Waals surface area contributed by atoms with Gasteiger partial charge in [-0.1, -0.05) is 0 Å². The van der Waals surface area contributed by atoms with Gasteiger partial charge in [-0.15, -0.1) is 0 Å². The maximum Gasteiger partial charge on any atom is 0.182 e. The van der Waals surface area contributed by atoms with E-state index in [9.17, 15) is 9.32 Å². The van der Waals surface area contributed by atoms with Crippen molar-refractivity contribution in [1.82, 2.24) is 24.7 Å². The second-order valence-corrected chi connectivity index (χ2v) is 6.82. The number of benzene rings is 1. The number of imidazole rings is 1. The Kier molecular flexibility index (Phi) is 5.76. The van der Waals surface area contributed by atoms with Crippen molar-refractivity contribution >= 4 is 39.3 Å². The lowest BCUT2D eigenvalue weighted by Crippen LogP contribution is -2.27. The minimum atomic E-state index is -1.32. The Morgan fingerprint density at radius 2 is 2.15 bits per heavy atom. The highest BCUT2D eigenvalue weighted by atomic mass is 32.2. The van der Waals surface area contributed by atoms with Crippen LogP contribution < -0.4 is 14.9 Å². The van der Waals surface area contributed by atoms with E-state index in [-0.39, 0.29) is 6.61 Å². The molecule has 9 nitrogen and oxygen atoms in total. The quantitative estimate of drug-likeness (QED) is 0.466. The van der Waals surface area contributed by atoms with Crippen LogP contribution in [0.25, 0.3) is 11.2 Å². The summed E-state index contributed by atoms with van der Waals surface area (Å²) in [5.74, 6) is 0.571. The third-order valence-electron chi connectivity index (χ3n) is 3.94. The predicted molar refractivity (Wildman–Crippen MR) is 102 cm³/mol. The molecule has 0 spiro atoms. The molecule has 0 saturated carbocycles. The van der Waals surface area contributed by atoms with Gasteiger partial charge in [0.1, 0.15) is 22.8 Å². The van der Waals surface area contributed by atoms with Gasteiger partial charge in [0.25, 0.3) is 0 Å². The van der Waals surface area contributed by atoms with Crippen molar-refractivity contribution in [3.63, 3.8) is 0 Å². The van der Waals surface area contributed by atoms with E-state index in [1.54, 1.807) is 19.4 Å². The van der Waals surface area contributed by atoms with Gasteiger partial charge in [0.15, 0.2) is 11.5 Å². The molecule has 138 valence electrons. The summed E-state index contributed by atoms with van der Waals surface area (Å²) in [6.45, 7) is 3.25. The number of aliphatic hydroxyl groups is 1. The highest BCUT2D eigenvalue weighted by molar-refractivity contribution is 7.83. The van der Waals surface area contributed by atoms with Crippen molar-refractivity contribution in [2.45, 2.75) is 11.8 Å². The first-order chi connectivity index (χ1) is 12.7. The van der Waals surface area contributed by atoms with Gasteiger partial charge in [0.05, 0.1) is 29.2 Å². The number of aliphatic hydroxyl groups excluding tert-OH is 1. The molecule has 0 saturated heterocycles. The second-order valence-electron chi connectivity index (χ2n) is 5.40. The lowest BCUT2D eigenvalue weighted by atomic mass is 10.2. The summed E-state index contributed by atoms with van der Waals surface area (Å²) < 4.78 is 14.9. The summed E-state index contributed by atoms with van der Waals surface area (Å²) in [5.41, 5.74) is 2.85. The van der Waals surface area contributed by atoms with E-state index in [1.165, 1.54) is 6.33 Å². The zero-order chi connectivity index (χ0) is 18.5. The van der Waals surface area contributed by atoms with Gasteiger partial charge >= 0.3 is 0 Å². The van der Waals surface area contributed by atoms with Crippen molar-refractivity contribution in [2.24, 2.45) is 0 Å². The van der Waals surface area contributed by atoms with E-state index in [1.807, 2.05) is 24.0 Å². The van der Waals surface area contributed by atoms with Gasteiger partial charge in [0, 0.05) is 13.1 Å². The summed E-state index contributed by atoms with van der Waals surface area (Å²) in [5, 5.41) is 12.6. The Hall–Kier alpha value is -2.56. The average molecular weight is 375 g/mol. The van der Waals surface area contributed by atoms with Crippen LogP contribution in [-0.2, 0) is 11.0 Å². The number of aromatic amines is 1. The van der Waals surface area contributed by atoms with Crippen LogP contribution in [0.5, 0.6) is 0 Å². The molecule has 0 aliphatic carbocycles. The van der Waals surface area contributed by atoms with Crippen molar-refractivity contribution in [3.05, 3.63) is 30.9 Å². The molecule has 1 atom stereocenters. The molecular formula is C16H21N7O2S. The third-order valence-corrected chi connectivity index (χ3v) is 4.99. The minimum absolute atomic E-state index is 0.0375. The van der Waals surface area contributed by atoms with Gasteiger partial charge in [-0.3, -0.25) is 0 Å². The van der Waals surface area contributed by atoms with Gasteiger partial charge in [-0.05, 0) is 32.2 Å². The standard InChI is InChI=1S/C16H21N7O2S/c1-3-23(6-7-24)13-5-4-11(26(25)17-2)8-12(13)22-16-14-15(19-9-18-14)20-10-21-16/h4-5,8-10,17,24H,3,6-7H2,1-2H3,(H2,18,19,20,21,22). The number of H-pyrrole nitrogens is 1. The zero-order valence-electron chi connectivity index (χ0n) is 14.6. The normalized spacial score (nSPS) is 12.3. The smallest absolute Gasteiger partial charge is 0.182 e. The molecule has 0 aliphatic rings. The molecule has 3 rings (SSSR count). The largest absolute Gasteiger partial charge is 0.395 e. The van der Waals surface area contributed by atoms with Crippen LogP contribution in [0.2, 0.25) is 0 Å². The molecule has 26 heavy (non-hydrogen) atoms. The monoisotopic (exact) mass is 375 g/mol. The third kappa shape index (κ3) is 3.66.